The maximum atomic E-state index is 12.9. The lowest BCUT2D eigenvalue weighted by atomic mass is 10.1. The number of carbonyl (C=O) groups excluding carboxylic acids is 3. The van der Waals surface area contributed by atoms with Gasteiger partial charge in [0.15, 0.2) is 0 Å². The number of hydrogen-bond donors (Lipinski definition) is 1. The Labute approximate surface area is 157 Å². The highest BCUT2D eigenvalue weighted by molar-refractivity contribution is 6.00. The predicted octanol–water partition coefficient (Wildman–Crippen LogP) is 2.00. The topological polar surface area (TPSA) is 95.9 Å². The first kappa shape index (κ1) is 18.8. The molecule has 1 aliphatic heterocycles. The average molecular weight is 373 g/mol. The Balaban J connectivity index is 1.69. The maximum absolute atomic E-state index is 12.9. The molecule has 0 saturated carbocycles. The van der Waals surface area contributed by atoms with E-state index in [0.717, 1.165) is 0 Å². The van der Waals surface area contributed by atoms with Crippen LogP contribution in [-0.4, -0.2) is 65.4 Å². The summed E-state index contributed by atoms with van der Waals surface area (Å²) in [6.07, 6.45) is 2.88. The minimum absolute atomic E-state index is 0.104. The van der Waals surface area contributed by atoms with Crippen molar-refractivity contribution in [2.75, 3.05) is 32.8 Å². The van der Waals surface area contributed by atoms with Crippen LogP contribution in [0, 0.1) is 13.8 Å². The molecule has 0 aliphatic carbocycles. The van der Waals surface area contributed by atoms with Gasteiger partial charge in [0.2, 0.25) is 0 Å². The van der Waals surface area contributed by atoms with E-state index in [1.807, 2.05) is 0 Å². The second kappa shape index (κ2) is 7.69. The van der Waals surface area contributed by atoms with Crippen LogP contribution in [0.15, 0.2) is 23.0 Å². The first-order chi connectivity index (χ1) is 12.9. The first-order valence-electron chi connectivity index (χ1n) is 8.91. The smallest absolute Gasteiger partial charge is 0.340 e. The Morgan fingerprint density at radius 2 is 1.74 bits per heavy atom. The Morgan fingerprint density at radius 3 is 2.30 bits per heavy atom. The monoisotopic (exact) mass is 373 g/mol. The third kappa shape index (κ3) is 3.60. The Bertz CT molecular complexity index is 845. The molecule has 0 radical (unpaired) electrons. The van der Waals surface area contributed by atoms with Crippen molar-refractivity contribution in [2.45, 2.75) is 20.8 Å². The number of hydrogen-bond acceptors (Lipinski definition) is 5. The molecule has 1 fully saturated rings. The number of aryl methyl sites for hydroxylation is 1. The van der Waals surface area contributed by atoms with Gasteiger partial charge in [0.05, 0.1) is 24.0 Å². The first-order valence-corrected chi connectivity index (χ1v) is 8.91. The molecule has 1 N–H and O–H groups in total. The molecular weight excluding hydrogens is 350 g/mol. The van der Waals surface area contributed by atoms with Crippen LogP contribution in [0.25, 0.3) is 0 Å². The fourth-order valence-electron chi connectivity index (χ4n) is 3.31. The summed E-state index contributed by atoms with van der Waals surface area (Å²) >= 11 is 0. The maximum Gasteiger partial charge on any atom is 0.340 e. The number of nitrogens with zero attached hydrogens (tertiary/aromatic N) is 2. The number of aromatic amines is 1. The van der Waals surface area contributed by atoms with Gasteiger partial charge < -0.3 is 23.9 Å². The molecule has 0 aromatic carbocycles. The molecule has 1 aliphatic rings. The van der Waals surface area contributed by atoms with Crippen LogP contribution in [0.1, 0.15) is 49.4 Å². The standard InChI is InChI=1S/C19H23N3O5/c1-4-27-19(25)15-12(2)16(20-13(15)3)18(24)22-8-6-21(7-9-22)17(23)14-5-10-26-11-14/h5,10-11,20H,4,6-9H2,1-3H3. The van der Waals surface area contributed by atoms with E-state index in [2.05, 4.69) is 4.98 Å². The molecule has 1 saturated heterocycles. The lowest BCUT2D eigenvalue weighted by Crippen LogP contribution is -2.50. The van der Waals surface area contributed by atoms with Gasteiger partial charge in [-0.2, -0.15) is 0 Å². The molecule has 3 rings (SSSR count). The van der Waals surface area contributed by atoms with E-state index in [1.54, 1.807) is 36.6 Å². The highest BCUT2D eigenvalue weighted by Gasteiger charge is 2.29. The molecule has 8 heteroatoms. The Hall–Kier alpha value is -3.03. The van der Waals surface area contributed by atoms with E-state index in [0.29, 0.717) is 54.3 Å². The van der Waals surface area contributed by atoms with Crippen molar-refractivity contribution in [2.24, 2.45) is 0 Å². The van der Waals surface area contributed by atoms with Gasteiger partial charge in [0.25, 0.3) is 11.8 Å². The zero-order valence-electron chi connectivity index (χ0n) is 15.7. The molecule has 2 aromatic heterocycles. The summed E-state index contributed by atoms with van der Waals surface area (Å²) in [5.74, 6) is -0.716. The number of esters is 1. The fraction of sp³-hybridized carbons (Fsp3) is 0.421. The van der Waals surface area contributed by atoms with Crippen LogP contribution >= 0.6 is 0 Å². The third-order valence-electron chi connectivity index (χ3n) is 4.75. The van der Waals surface area contributed by atoms with E-state index in [-0.39, 0.29) is 18.4 Å². The lowest BCUT2D eigenvalue weighted by Gasteiger charge is -2.34. The van der Waals surface area contributed by atoms with Crippen molar-refractivity contribution in [3.05, 3.63) is 46.7 Å². The number of piperazine rings is 1. The van der Waals surface area contributed by atoms with Crippen LogP contribution in [0.5, 0.6) is 0 Å². The largest absolute Gasteiger partial charge is 0.472 e. The van der Waals surface area contributed by atoms with Gasteiger partial charge in [-0.1, -0.05) is 0 Å². The summed E-state index contributed by atoms with van der Waals surface area (Å²) in [6.45, 7) is 7.24. The minimum atomic E-state index is -0.432. The SMILES string of the molecule is CCOC(=O)c1c(C)[nH]c(C(=O)N2CCN(C(=O)c3ccoc3)CC2)c1C. The van der Waals surface area contributed by atoms with Crippen LogP contribution in [0.2, 0.25) is 0 Å². The van der Waals surface area contributed by atoms with Crippen molar-refractivity contribution in [3.8, 4) is 0 Å². The van der Waals surface area contributed by atoms with Crippen molar-refractivity contribution in [1.82, 2.24) is 14.8 Å². The number of aromatic nitrogens is 1. The number of amides is 2. The van der Waals surface area contributed by atoms with Crippen molar-refractivity contribution < 1.29 is 23.5 Å². The van der Waals surface area contributed by atoms with Crippen LogP contribution in [-0.2, 0) is 4.74 Å². The fourth-order valence-corrected chi connectivity index (χ4v) is 3.31. The highest BCUT2D eigenvalue weighted by atomic mass is 16.5. The molecule has 3 heterocycles. The van der Waals surface area contributed by atoms with Gasteiger partial charge in [-0.15, -0.1) is 0 Å². The van der Waals surface area contributed by atoms with Gasteiger partial charge in [-0.05, 0) is 32.4 Å². The summed E-state index contributed by atoms with van der Waals surface area (Å²) < 4.78 is 10.0. The Kier molecular flexibility index (Phi) is 5.34. The average Bonchev–Trinajstić information content (AvgIpc) is 3.29. The summed E-state index contributed by atoms with van der Waals surface area (Å²) in [6, 6.07) is 1.63. The molecule has 144 valence electrons. The molecule has 0 bridgehead atoms. The number of H-pyrrole nitrogens is 1. The molecule has 0 atom stereocenters. The molecular formula is C19H23N3O5. The van der Waals surface area contributed by atoms with E-state index < -0.39 is 5.97 Å². The lowest BCUT2D eigenvalue weighted by molar-refractivity contribution is 0.0522. The third-order valence-corrected chi connectivity index (χ3v) is 4.75. The molecule has 0 spiro atoms. The summed E-state index contributed by atoms with van der Waals surface area (Å²) in [7, 11) is 0. The molecule has 2 aromatic rings. The van der Waals surface area contributed by atoms with Crippen molar-refractivity contribution >= 4 is 17.8 Å². The van der Waals surface area contributed by atoms with Crippen LogP contribution < -0.4 is 0 Å². The zero-order valence-corrected chi connectivity index (χ0v) is 15.7. The predicted molar refractivity (Wildman–Crippen MR) is 96.7 cm³/mol. The molecule has 2 amide bonds. The van der Waals surface area contributed by atoms with E-state index >= 15 is 0 Å². The van der Waals surface area contributed by atoms with Crippen molar-refractivity contribution in [3.63, 3.8) is 0 Å². The minimum Gasteiger partial charge on any atom is -0.472 e. The van der Waals surface area contributed by atoms with E-state index in [1.165, 1.54) is 12.5 Å². The number of carbonyl (C=O) groups is 3. The van der Waals surface area contributed by atoms with E-state index in [9.17, 15) is 14.4 Å². The van der Waals surface area contributed by atoms with Gasteiger partial charge in [0, 0.05) is 31.9 Å². The Morgan fingerprint density at radius 1 is 1.11 bits per heavy atom. The summed E-state index contributed by atoms with van der Waals surface area (Å²) in [5.41, 5.74) is 2.51. The van der Waals surface area contributed by atoms with Crippen LogP contribution in [0.4, 0.5) is 0 Å². The quantitative estimate of drug-likeness (QED) is 0.827. The van der Waals surface area contributed by atoms with Gasteiger partial charge >= 0.3 is 5.97 Å². The number of furan rings is 1. The molecule has 8 nitrogen and oxygen atoms in total. The number of nitrogens with one attached hydrogen (secondary N) is 1. The molecule has 0 unspecified atom stereocenters. The van der Waals surface area contributed by atoms with Crippen LogP contribution in [0.3, 0.4) is 0 Å². The second-order valence-corrected chi connectivity index (χ2v) is 6.44. The number of rotatable bonds is 4. The summed E-state index contributed by atoms with van der Waals surface area (Å²) in [4.78, 5) is 43.8. The highest BCUT2D eigenvalue weighted by Crippen LogP contribution is 2.21. The normalized spacial score (nSPS) is 14.3. The van der Waals surface area contributed by atoms with Gasteiger partial charge in [-0.25, -0.2) is 4.79 Å². The van der Waals surface area contributed by atoms with Crippen molar-refractivity contribution in [1.29, 1.82) is 0 Å². The van der Waals surface area contributed by atoms with Gasteiger partial charge in [-0.3, -0.25) is 9.59 Å². The van der Waals surface area contributed by atoms with Gasteiger partial charge in [0.1, 0.15) is 12.0 Å². The molecule has 27 heavy (non-hydrogen) atoms. The summed E-state index contributed by atoms with van der Waals surface area (Å²) in [5, 5.41) is 0. The number of ether oxygens (including phenoxy) is 1. The second-order valence-electron chi connectivity index (χ2n) is 6.44. The zero-order chi connectivity index (χ0) is 19.6. The van der Waals surface area contributed by atoms with E-state index in [4.69, 9.17) is 9.15 Å².